The molecule has 0 saturated heterocycles. The Morgan fingerprint density at radius 2 is 0.870 bits per heavy atom. The predicted molar refractivity (Wildman–Crippen MR) is 226 cm³/mol. The van der Waals surface area contributed by atoms with Crippen molar-refractivity contribution in [2.24, 2.45) is 0 Å². The van der Waals surface area contributed by atoms with Crippen molar-refractivity contribution in [3.05, 3.63) is 188 Å². The topological polar surface area (TPSA) is 18.1 Å². The van der Waals surface area contributed by atoms with Crippen LogP contribution in [0.5, 0.6) is 0 Å². The van der Waals surface area contributed by atoms with Crippen LogP contribution in [0.3, 0.4) is 0 Å². The minimum absolute atomic E-state index is 0.915. The summed E-state index contributed by atoms with van der Waals surface area (Å²) in [6.07, 6.45) is 0. The summed E-state index contributed by atoms with van der Waals surface area (Å²) < 4.78 is 8.98. The summed E-state index contributed by atoms with van der Waals surface area (Å²) in [4.78, 5) is 0. The van der Waals surface area contributed by atoms with Gasteiger partial charge in [-0.3, -0.25) is 0 Å². The lowest BCUT2D eigenvalue weighted by molar-refractivity contribution is 0.669. The number of hydrogen-bond acceptors (Lipinski definition) is 1. The second-order valence-corrected chi connectivity index (χ2v) is 14.5. The van der Waals surface area contributed by atoms with Gasteiger partial charge >= 0.3 is 0 Å². The van der Waals surface area contributed by atoms with Gasteiger partial charge in [0, 0.05) is 27.2 Å². The predicted octanol–water partition coefficient (Wildman–Crippen LogP) is 14.5. The van der Waals surface area contributed by atoms with Crippen molar-refractivity contribution >= 4 is 54.5 Å². The average Bonchev–Trinajstić information content (AvgIpc) is 3.89. The minimum atomic E-state index is 0.915. The second kappa shape index (κ2) is 11.2. The lowest BCUT2D eigenvalue weighted by Gasteiger charge is -2.11. The Balaban J connectivity index is 0.983. The molecular weight excluding hydrogens is 655 g/mol. The maximum atomic E-state index is 6.58. The summed E-state index contributed by atoms with van der Waals surface area (Å²) in [7, 11) is 0. The number of para-hydroxylation sites is 1. The van der Waals surface area contributed by atoms with Crippen molar-refractivity contribution in [1.82, 2.24) is 4.57 Å². The maximum absolute atomic E-state index is 6.58. The molecule has 0 spiro atoms. The third kappa shape index (κ3) is 4.22. The van der Waals surface area contributed by atoms with Crippen LogP contribution in [0.4, 0.5) is 0 Å². The van der Waals surface area contributed by atoms with Gasteiger partial charge in [-0.15, -0.1) is 0 Å². The zero-order valence-corrected chi connectivity index (χ0v) is 29.3. The van der Waals surface area contributed by atoms with Crippen LogP contribution < -0.4 is 0 Å². The molecule has 12 rings (SSSR count). The van der Waals surface area contributed by atoms with E-state index in [-0.39, 0.29) is 0 Å². The molecule has 11 aromatic rings. The van der Waals surface area contributed by atoms with Crippen LogP contribution in [-0.2, 0) is 0 Å². The molecular formula is C52H31NO. The Hall–Kier alpha value is -7.16. The van der Waals surface area contributed by atoms with Gasteiger partial charge in [0.25, 0.3) is 0 Å². The number of rotatable bonds is 4. The molecule has 0 fully saturated rings. The zero-order valence-electron chi connectivity index (χ0n) is 29.3. The van der Waals surface area contributed by atoms with E-state index in [2.05, 4.69) is 193 Å². The van der Waals surface area contributed by atoms with Gasteiger partial charge in [-0.2, -0.15) is 0 Å². The van der Waals surface area contributed by atoms with Crippen molar-refractivity contribution in [3.8, 4) is 61.3 Å². The molecule has 2 nitrogen and oxygen atoms in total. The fourth-order valence-corrected chi connectivity index (χ4v) is 9.06. The molecule has 54 heavy (non-hydrogen) atoms. The Kier molecular flexibility index (Phi) is 6.09. The Morgan fingerprint density at radius 1 is 0.296 bits per heavy atom. The molecule has 0 N–H and O–H groups in total. The van der Waals surface area contributed by atoms with Crippen LogP contribution in [-0.4, -0.2) is 4.57 Å². The molecule has 2 heteroatoms. The highest BCUT2D eigenvalue weighted by Crippen LogP contribution is 2.51. The fourth-order valence-electron chi connectivity index (χ4n) is 9.06. The van der Waals surface area contributed by atoms with Gasteiger partial charge in [-0.1, -0.05) is 140 Å². The van der Waals surface area contributed by atoms with Crippen molar-refractivity contribution in [2.75, 3.05) is 0 Å². The third-order valence-corrected chi connectivity index (χ3v) is 11.5. The van der Waals surface area contributed by atoms with E-state index in [1.54, 1.807) is 0 Å². The van der Waals surface area contributed by atoms with Crippen LogP contribution in [0.15, 0.2) is 192 Å². The van der Waals surface area contributed by atoms with Crippen LogP contribution >= 0.6 is 0 Å². The van der Waals surface area contributed by atoms with Gasteiger partial charge in [0.1, 0.15) is 11.2 Å². The van der Waals surface area contributed by atoms with E-state index in [0.29, 0.717) is 0 Å². The smallest absolute Gasteiger partial charge is 0.136 e. The quantitative estimate of drug-likeness (QED) is 0.180. The number of furan rings is 1. The standard InChI is InChI=1S/C52H31NO/c1-2-10-32(11-3-1)33-20-22-34(23-21-33)35-12-8-13-38(28-35)53-47-19-7-6-16-41(47)44-29-36(24-26-48(44)53)37-25-27-49-46(30-37)52-43-18-9-17-42-39-14-4-5-15-40(39)45(51(42)43)31-50(52)54-49/h1-31H. The van der Waals surface area contributed by atoms with Crippen LogP contribution in [0.25, 0.3) is 116 Å². The summed E-state index contributed by atoms with van der Waals surface area (Å²) in [5, 5.41) is 7.39. The van der Waals surface area contributed by atoms with Crippen LogP contribution in [0.1, 0.15) is 0 Å². The lowest BCUT2D eigenvalue weighted by atomic mass is 9.96. The highest BCUT2D eigenvalue weighted by Gasteiger charge is 2.24. The molecule has 1 aliphatic carbocycles. The van der Waals surface area contributed by atoms with E-state index in [9.17, 15) is 0 Å². The van der Waals surface area contributed by atoms with E-state index >= 15 is 0 Å². The highest BCUT2D eigenvalue weighted by atomic mass is 16.3. The summed E-state index contributed by atoms with van der Waals surface area (Å²) in [6.45, 7) is 0. The number of hydrogen-bond donors (Lipinski definition) is 0. The minimum Gasteiger partial charge on any atom is -0.456 e. The average molecular weight is 686 g/mol. The number of benzene rings is 9. The van der Waals surface area contributed by atoms with Crippen LogP contribution in [0, 0.1) is 0 Å². The summed E-state index contributed by atoms with van der Waals surface area (Å²) in [5.74, 6) is 0. The van der Waals surface area contributed by atoms with Crippen LogP contribution in [0.2, 0.25) is 0 Å². The molecule has 0 amide bonds. The number of aromatic nitrogens is 1. The Morgan fingerprint density at radius 3 is 1.72 bits per heavy atom. The molecule has 0 radical (unpaired) electrons. The van der Waals surface area contributed by atoms with Crippen molar-refractivity contribution in [3.63, 3.8) is 0 Å². The highest BCUT2D eigenvalue weighted by molar-refractivity contribution is 6.28. The summed E-state index contributed by atoms with van der Waals surface area (Å²) in [6, 6.07) is 68.4. The first kappa shape index (κ1) is 29.4. The van der Waals surface area contributed by atoms with Gasteiger partial charge in [-0.05, 0) is 115 Å². The zero-order chi connectivity index (χ0) is 35.3. The largest absolute Gasteiger partial charge is 0.456 e. The van der Waals surface area contributed by atoms with E-state index in [4.69, 9.17) is 4.42 Å². The Labute approximate surface area is 311 Å². The van der Waals surface area contributed by atoms with Gasteiger partial charge in [0.2, 0.25) is 0 Å². The lowest BCUT2D eigenvalue weighted by Crippen LogP contribution is -1.94. The molecule has 250 valence electrons. The van der Waals surface area contributed by atoms with Gasteiger partial charge < -0.3 is 8.98 Å². The van der Waals surface area contributed by atoms with Gasteiger partial charge in [-0.25, -0.2) is 0 Å². The first-order valence-corrected chi connectivity index (χ1v) is 18.6. The molecule has 0 atom stereocenters. The van der Waals surface area contributed by atoms with Gasteiger partial charge in [0.15, 0.2) is 0 Å². The SMILES string of the molecule is c1ccc(-c2ccc(-c3cccc(-n4c5ccccc5c5cc(-c6ccc7oc8cc9c%10c(cccc%10c8c7c6)-c6ccccc6-9)ccc54)c3)cc2)cc1. The van der Waals surface area contributed by atoms with E-state index in [1.807, 2.05) is 0 Å². The first-order valence-electron chi connectivity index (χ1n) is 18.6. The normalized spacial score (nSPS) is 12.1. The third-order valence-electron chi connectivity index (χ3n) is 11.5. The fraction of sp³-hybridized carbons (Fsp3) is 0. The molecule has 0 bridgehead atoms. The summed E-state index contributed by atoms with van der Waals surface area (Å²) in [5.41, 5.74) is 17.7. The van der Waals surface area contributed by atoms with E-state index < -0.39 is 0 Å². The molecule has 2 heterocycles. The number of fused-ring (bicyclic) bond motifs is 10. The monoisotopic (exact) mass is 685 g/mol. The second-order valence-electron chi connectivity index (χ2n) is 14.5. The molecule has 0 aliphatic heterocycles. The summed E-state index contributed by atoms with van der Waals surface area (Å²) >= 11 is 0. The molecule has 0 saturated carbocycles. The number of nitrogens with zero attached hydrogens (tertiary/aromatic N) is 1. The van der Waals surface area contributed by atoms with Crippen molar-refractivity contribution < 1.29 is 4.42 Å². The molecule has 0 unspecified atom stereocenters. The maximum Gasteiger partial charge on any atom is 0.136 e. The molecule has 9 aromatic carbocycles. The van der Waals surface area contributed by atoms with Gasteiger partial charge in [0.05, 0.1) is 11.0 Å². The van der Waals surface area contributed by atoms with E-state index in [1.165, 1.54) is 93.6 Å². The molecule has 1 aliphatic rings. The first-order chi connectivity index (χ1) is 26.8. The Bertz CT molecular complexity index is 3310. The van der Waals surface area contributed by atoms with Crippen molar-refractivity contribution in [2.45, 2.75) is 0 Å². The van der Waals surface area contributed by atoms with E-state index in [0.717, 1.165) is 22.2 Å². The molecule has 2 aromatic heterocycles. The van der Waals surface area contributed by atoms with Crippen molar-refractivity contribution in [1.29, 1.82) is 0 Å².